The van der Waals surface area contributed by atoms with Gasteiger partial charge in [-0.05, 0) is 79.2 Å². The lowest BCUT2D eigenvalue weighted by molar-refractivity contribution is 0.0144. The van der Waals surface area contributed by atoms with Gasteiger partial charge in [0.25, 0.3) is 5.92 Å². The average molecular weight is 316 g/mol. The van der Waals surface area contributed by atoms with Crippen molar-refractivity contribution in [1.29, 1.82) is 0 Å². The SMILES string of the molecule is FC1(F)CC1C[C@@]12CCC[C@H]1[C@@H]1CCc3ccccc3[C@H]1CC2. The van der Waals surface area contributed by atoms with E-state index in [-0.39, 0.29) is 17.8 Å². The molecule has 23 heavy (non-hydrogen) atoms. The Balaban J connectivity index is 1.44. The van der Waals surface area contributed by atoms with Crippen molar-refractivity contribution in [2.24, 2.45) is 23.2 Å². The molecule has 0 heterocycles. The Kier molecular flexibility index (Phi) is 3.01. The summed E-state index contributed by atoms with van der Waals surface area (Å²) in [6, 6.07) is 8.98. The van der Waals surface area contributed by atoms with Gasteiger partial charge in [0.1, 0.15) is 0 Å². The predicted octanol–water partition coefficient (Wildman–Crippen LogP) is 5.96. The van der Waals surface area contributed by atoms with Crippen molar-refractivity contribution < 1.29 is 8.78 Å². The minimum atomic E-state index is -2.34. The van der Waals surface area contributed by atoms with Crippen LogP contribution in [0.5, 0.6) is 0 Å². The standard InChI is InChI=1S/C21H26F2/c22-21(23)13-15(21)12-20-10-3-6-19(20)18-8-7-14-4-1-2-5-16(14)17(18)9-11-20/h1-2,4-5,15,17-19H,3,6-13H2/t15?,17-,18-,19+,20+/m1/s1. The zero-order valence-corrected chi connectivity index (χ0v) is 13.7. The van der Waals surface area contributed by atoms with Crippen LogP contribution in [-0.2, 0) is 6.42 Å². The molecule has 5 atom stereocenters. The van der Waals surface area contributed by atoms with Crippen LogP contribution < -0.4 is 0 Å². The molecule has 1 aromatic rings. The summed E-state index contributed by atoms with van der Waals surface area (Å²) in [5.74, 6) is -0.455. The number of aryl methyl sites for hydroxylation is 1. The topological polar surface area (TPSA) is 0 Å². The fourth-order valence-corrected chi connectivity index (χ4v) is 6.65. The summed E-state index contributed by atoms with van der Waals surface area (Å²) in [5.41, 5.74) is 3.40. The summed E-state index contributed by atoms with van der Waals surface area (Å²) in [4.78, 5) is 0. The molecule has 0 nitrogen and oxygen atoms in total. The van der Waals surface area contributed by atoms with Crippen molar-refractivity contribution in [3.8, 4) is 0 Å². The molecule has 0 amide bonds. The van der Waals surface area contributed by atoms with E-state index in [0.717, 1.165) is 12.3 Å². The summed E-state index contributed by atoms with van der Waals surface area (Å²) >= 11 is 0. The van der Waals surface area contributed by atoms with E-state index in [1.807, 2.05) is 0 Å². The van der Waals surface area contributed by atoms with Crippen LogP contribution in [0.1, 0.15) is 68.4 Å². The molecule has 0 aliphatic heterocycles. The van der Waals surface area contributed by atoms with Crippen LogP contribution >= 0.6 is 0 Å². The summed E-state index contributed by atoms with van der Waals surface area (Å²) in [6.07, 6.45) is 9.67. The van der Waals surface area contributed by atoms with Crippen molar-refractivity contribution in [3.05, 3.63) is 35.4 Å². The number of hydrogen-bond donors (Lipinski definition) is 0. The molecular formula is C21H26F2. The van der Waals surface area contributed by atoms with Crippen LogP contribution in [-0.4, -0.2) is 5.92 Å². The van der Waals surface area contributed by atoms with Gasteiger partial charge in [-0.25, -0.2) is 8.78 Å². The fourth-order valence-electron chi connectivity index (χ4n) is 6.65. The fraction of sp³-hybridized carbons (Fsp3) is 0.714. The molecule has 3 saturated carbocycles. The summed E-state index contributed by atoms with van der Waals surface area (Å²) < 4.78 is 27.1. The smallest absolute Gasteiger partial charge is 0.207 e. The van der Waals surface area contributed by atoms with E-state index in [4.69, 9.17) is 0 Å². The third-order valence-electron chi connectivity index (χ3n) is 7.77. The van der Waals surface area contributed by atoms with Gasteiger partial charge in [-0.2, -0.15) is 0 Å². The maximum atomic E-state index is 13.5. The largest absolute Gasteiger partial charge is 0.251 e. The highest BCUT2D eigenvalue weighted by molar-refractivity contribution is 5.34. The normalized spacial score (nSPS) is 43.4. The molecule has 4 aliphatic carbocycles. The molecule has 1 unspecified atom stereocenters. The van der Waals surface area contributed by atoms with Gasteiger partial charge in [0.15, 0.2) is 0 Å². The zero-order chi connectivity index (χ0) is 15.7. The molecule has 0 saturated heterocycles. The number of rotatable bonds is 2. The van der Waals surface area contributed by atoms with Crippen molar-refractivity contribution in [2.45, 2.75) is 69.6 Å². The van der Waals surface area contributed by atoms with E-state index in [2.05, 4.69) is 24.3 Å². The quantitative estimate of drug-likeness (QED) is 0.631. The Labute approximate surface area is 137 Å². The summed E-state index contributed by atoms with van der Waals surface area (Å²) in [5, 5.41) is 0. The van der Waals surface area contributed by atoms with Crippen LogP contribution in [0.25, 0.3) is 0 Å². The molecular weight excluding hydrogens is 290 g/mol. The van der Waals surface area contributed by atoms with Crippen LogP contribution in [0.2, 0.25) is 0 Å². The summed E-state index contributed by atoms with van der Waals surface area (Å²) in [6.45, 7) is 0. The van der Waals surface area contributed by atoms with E-state index in [0.29, 0.717) is 11.8 Å². The highest BCUT2D eigenvalue weighted by Crippen LogP contribution is 2.66. The van der Waals surface area contributed by atoms with Crippen LogP contribution in [0.4, 0.5) is 8.78 Å². The molecule has 124 valence electrons. The van der Waals surface area contributed by atoms with E-state index >= 15 is 0 Å². The van der Waals surface area contributed by atoms with E-state index < -0.39 is 5.92 Å². The van der Waals surface area contributed by atoms with Crippen LogP contribution in [0.15, 0.2) is 24.3 Å². The van der Waals surface area contributed by atoms with Crippen molar-refractivity contribution >= 4 is 0 Å². The Bertz CT molecular complexity index is 622. The van der Waals surface area contributed by atoms with Gasteiger partial charge < -0.3 is 0 Å². The summed E-state index contributed by atoms with van der Waals surface area (Å²) in [7, 11) is 0. The van der Waals surface area contributed by atoms with Gasteiger partial charge in [0, 0.05) is 12.3 Å². The molecule has 4 aliphatic rings. The lowest BCUT2D eigenvalue weighted by Gasteiger charge is -2.51. The molecule has 1 aromatic carbocycles. The maximum Gasteiger partial charge on any atom is 0.251 e. The minimum Gasteiger partial charge on any atom is -0.207 e. The third kappa shape index (κ3) is 2.13. The highest BCUT2D eigenvalue weighted by Gasteiger charge is 2.62. The lowest BCUT2D eigenvalue weighted by Crippen LogP contribution is -2.41. The second-order valence-corrected chi connectivity index (χ2v) is 8.77. The maximum absolute atomic E-state index is 13.5. The first-order valence-electron chi connectivity index (χ1n) is 9.55. The molecule has 0 spiro atoms. The van der Waals surface area contributed by atoms with E-state index in [9.17, 15) is 8.78 Å². The Morgan fingerprint density at radius 1 is 1.04 bits per heavy atom. The first kappa shape index (κ1) is 14.4. The number of benzene rings is 1. The second kappa shape index (κ2) is 4.80. The third-order valence-corrected chi connectivity index (χ3v) is 7.77. The number of fused-ring (bicyclic) bond motifs is 5. The van der Waals surface area contributed by atoms with Crippen LogP contribution in [0.3, 0.4) is 0 Å². The van der Waals surface area contributed by atoms with Gasteiger partial charge in [-0.1, -0.05) is 30.7 Å². The van der Waals surface area contributed by atoms with Gasteiger partial charge in [0.05, 0.1) is 0 Å². The molecule has 2 heteroatoms. The van der Waals surface area contributed by atoms with Gasteiger partial charge in [-0.3, -0.25) is 0 Å². The first-order valence-corrected chi connectivity index (χ1v) is 9.55. The number of alkyl halides is 2. The van der Waals surface area contributed by atoms with Crippen molar-refractivity contribution in [1.82, 2.24) is 0 Å². The van der Waals surface area contributed by atoms with Crippen LogP contribution in [0, 0.1) is 23.2 Å². The number of halogens is 2. The minimum absolute atomic E-state index is 0.165. The molecule has 0 radical (unpaired) electrons. The molecule has 5 rings (SSSR count). The van der Waals surface area contributed by atoms with Gasteiger partial charge in [-0.15, -0.1) is 0 Å². The van der Waals surface area contributed by atoms with Gasteiger partial charge in [0.2, 0.25) is 0 Å². The zero-order valence-electron chi connectivity index (χ0n) is 13.7. The molecule has 0 aromatic heterocycles. The van der Waals surface area contributed by atoms with Crippen molar-refractivity contribution in [3.63, 3.8) is 0 Å². The number of hydrogen-bond acceptors (Lipinski definition) is 0. The first-order chi connectivity index (χ1) is 11.1. The Morgan fingerprint density at radius 2 is 1.87 bits per heavy atom. The second-order valence-electron chi connectivity index (χ2n) is 8.77. The highest BCUT2D eigenvalue weighted by atomic mass is 19.3. The molecule has 0 N–H and O–H groups in total. The lowest BCUT2D eigenvalue weighted by atomic mass is 9.54. The predicted molar refractivity (Wildman–Crippen MR) is 87.7 cm³/mol. The monoisotopic (exact) mass is 316 g/mol. The Morgan fingerprint density at radius 3 is 2.70 bits per heavy atom. The Hall–Kier alpha value is -0.920. The van der Waals surface area contributed by atoms with Gasteiger partial charge >= 0.3 is 0 Å². The van der Waals surface area contributed by atoms with Crippen molar-refractivity contribution in [2.75, 3.05) is 0 Å². The van der Waals surface area contributed by atoms with E-state index in [1.54, 1.807) is 11.1 Å². The molecule has 3 fully saturated rings. The molecule has 0 bridgehead atoms. The van der Waals surface area contributed by atoms with E-state index in [1.165, 1.54) is 44.9 Å². The average Bonchev–Trinajstić information content (AvgIpc) is 2.96.